The maximum atomic E-state index is 12.3. The van der Waals surface area contributed by atoms with Gasteiger partial charge in [-0.3, -0.25) is 4.79 Å². The van der Waals surface area contributed by atoms with Crippen molar-refractivity contribution < 1.29 is 4.79 Å². The molecule has 26 heavy (non-hydrogen) atoms. The van der Waals surface area contributed by atoms with Crippen molar-refractivity contribution >= 4 is 28.9 Å². The summed E-state index contributed by atoms with van der Waals surface area (Å²) >= 11 is 5.84. The lowest BCUT2D eigenvalue weighted by Crippen LogP contribution is -2.11. The Morgan fingerprint density at radius 3 is 2.69 bits per heavy atom. The highest BCUT2D eigenvalue weighted by Gasteiger charge is 2.06. The molecule has 0 aliphatic heterocycles. The van der Waals surface area contributed by atoms with Crippen molar-refractivity contribution in [2.45, 2.75) is 6.42 Å². The second kappa shape index (κ2) is 8.19. The van der Waals surface area contributed by atoms with Crippen LogP contribution in [0, 0.1) is 11.8 Å². The fourth-order valence-electron chi connectivity index (χ4n) is 2.32. The summed E-state index contributed by atoms with van der Waals surface area (Å²) in [5.74, 6) is 5.84. The van der Waals surface area contributed by atoms with Gasteiger partial charge in [0.15, 0.2) is 0 Å². The molecular weight excluding hydrogens is 346 g/mol. The first kappa shape index (κ1) is 17.5. The molecule has 128 valence electrons. The summed E-state index contributed by atoms with van der Waals surface area (Å²) in [5.41, 5.74) is 9.19. The van der Waals surface area contributed by atoms with Crippen LogP contribution in [0.4, 0.5) is 11.4 Å². The summed E-state index contributed by atoms with van der Waals surface area (Å²) < 4.78 is 0. The molecule has 0 saturated heterocycles. The highest BCUT2D eigenvalue weighted by Crippen LogP contribution is 2.15. The number of carbonyl (C=O) groups is 1. The number of halogens is 1. The minimum Gasteiger partial charge on any atom is -0.396 e. The summed E-state index contributed by atoms with van der Waals surface area (Å²) in [5, 5.41) is 3.47. The number of nitrogen functional groups attached to an aromatic ring is 1. The van der Waals surface area contributed by atoms with Crippen molar-refractivity contribution in [3.63, 3.8) is 0 Å². The number of nitrogens with one attached hydrogen (secondary N) is 1. The van der Waals surface area contributed by atoms with E-state index in [9.17, 15) is 4.79 Å². The minimum atomic E-state index is -0.189. The number of rotatable bonds is 3. The molecule has 1 amide bonds. The van der Waals surface area contributed by atoms with E-state index in [1.807, 2.05) is 24.3 Å². The largest absolute Gasteiger partial charge is 0.396 e. The Morgan fingerprint density at radius 2 is 1.92 bits per heavy atom. The van der Waals surface area contributed by atoms with E-state index >= 15 is 0 Å². The normalized spacial score (nSPS) is 9.88. The van der Waals surface area contributed by atoms with Crippen molar-refractivity contribution in [3.8, 4) is 11.8 Å². The number of anilines is 2. The van der Waals surface area contributed by atoms with Gasteiger partial charge in [-0.25, -0.2) is 4.98 Å². The monoisotopic (exact) mass is 361 g/mol. The molecule has 0 saturated carbocycles. The van der Waals surface area contributed by atoms with Gasteiger partial charge >= 0.3 is 0 Å². The van der Waals surface area contributed by atoms with Crippen molar-refractivity contribution in [1.82, 2.24) is 4.98 Å². The number of carbonyl (C=O) groups excluding carboxylic acids is 1. The topological polar surface area (TPSA) is 68.0 Å². The van der Waals surface area contributed by atoms with E-state index < -0.39 is 0 Å². The Kier molecular flexibility index (Phi) is 5.52. The lowest BCUT2D eigenvalue weighted by atomic mass is 10.1. The van der Waals surface area contributed by atoms with Crippen LogP contribution in [0.5, 0.6) is 0 Å². The molecule has 3 rings (SSSR count). The number of nitrogens with two attached hydrogens (primary N) is 1. The van der Waals surface area contributed by atoms with Crippen molar-refractivity contribution in [2.75, 3.05) is 11.1 Å². The van der Waals surface area contributed by atoms with Gasteiger partial charge in [-0.05, 0) is 60.0 Å². The smallest absolute Gasteiger partial charge is 0.255 e. The summed E-state index contributed by atoms with van der Waals surface area (Å²) in [7, 11) is 0. The molecule has 0 radical (unpaired) electrons. The molecule has 3 N–H and O–H groups in total. The SMILES string of the molecule is Nc1cccnc1C#CCc1cccc(NC(=O)c2ccc(Cl)cc2)c1. The molecule has 1 heterocycles. The van der Waals surface area contributed by atoms with Crippen molar-refractivity contribution in [2.24, 2.45) is 0 Å². The third-order valence-electron chi connectivity index (χ3n) is 3.63. The summed E-state index contributed by atoms with van der Waals surface area (Å²) in [6.07, 6.45) is 2.19. The van der Waals surface area contributed by atoms with Crippen LogP contribution in [0.3, 0.4) is 0 Å². The number of nitrogens with zero attached hydrogens (tertiary/aromatic N) is 1. The second-order valence-corrected chi connectivity index (χ2v) is 6.02. The van der Waals surface area contributed by atoms with E-state index in [2.05, 4.69) is 22.1 Å². The summed E-state index contributed by atoms with van der Waals surface area (Å²) in [6.45, 7) is 0. The van der Waals surface area contributed by atoms with Gasteiger partial charge < -0.3 is 11.1 Å². The van der Waals surface area contributed by atoms with Crippen LogP contribution < -0.4 is 11.1 Å². The Bertz CT molecular complexity index is 988. The number of hydrogen-bond donors (Lipinski definition) is 2. The lowest BCUT2D eigenvalue weighted by Gasteiger charge is -2.06. The van der Waals surface area contributed by atoms with Crippen molar-refractivity contribution in [1.29, 1.82) is 0 Å². The van der Waals surface area contributed by atoms with E-state index in [-0.39, 0.29) is 5.91 Å². The fourth-order valence-corrected chi connectivity index (χ4v) is 2.44. The molecule has 0 atom stereocenters. The molecule has 0 bridgehead atoms. The van der Waals surface area contributed by atoms with E-state index in [4.69, 9.17) is 17.3 Å². The number of hydrogen-bond acceptors (Lipinski definition) is 3. The summed E-state index contributed by atoms with van der Waals surface area (Å²) in [6, 6.07) is 17.8. The first-order valence-electron chi connectivity index (χ1n) is 7.97. The fraction of sp³-hybridized carbons (Fsp3) is 0.0476. The van der Waals surface area contributed by atoms with Gasteiger partial charge in [-0.2, -0.15) is 0 Å². The van der Waals surface area contributed by atoms with E-state index in [1.165, 1.54) is 0 Å². The van der Waals surface area contributed by atoms with Crippen LogP contribution in [0.15, 0.2) is 66.9 Å². The van der Waals surface area contributed by atoms with Gasteiger partial charge in [0.2, 0.25) is 0 Å². The van der Waals surface area contributed by atoms with E-state index in [0.29, 0.717) is 34.1 Å². The second-order valence-electron chi connectivity index (χ2n) is 5.58. The van der Waals surface area contributed by atoms with Crippen LogP contribution in [0.1, 0.15) is 21.6 Å². The molecule has 3 aromatic rings. The summed E-state index contributed by atoms with van der Waals surface area (Å²) in [4.78, 5) is 16.4. The van der Waals surface area contributed by atoms with Gasteiger partial charge in [0, 0.05) is 28.9 Å². The van der Waals surface area contributed by atoms with Gasteiger partial charge in [-0.15, -0.1) is 0 Å². The predicted molar refractivity (Wildman–Crippen MR) is 105 cm³/mol. The van der Waals surface area contributed by atoms with Gasteiger partial charge in [0.1, 0.15) is 5.69 Å². The first-order valence-corrected chi connectivity index (χ1v) is 8.35. The maximum absolute atomic E-state index is 12.3. The third kappa shape index (κ3) is 4.62. The molecular formula is C21H16ClN3O. The highest BCUT2D eigenvalue weighted by atomic mass is 35.5. The van der Waals surface area contributed by atoms with Gasteiger partial charge in [0.25, 0.3) is 5.91 Å². The zero-order valence-electron chi connectivity index (χ0n) is 13.9. The molecule has 0 spiro atoms. The molecule has 0 unspecified atom stereocenters. The number of amides is 1. The molecule has 0 aliphatic carbocycles. The van der Waals surface area contributed by atoms with Crippen LogP contribution in [0.2, 0.25) is 5.02 Å². The molecule has 2 aromatic carbocycles. The number of benzene rings is 2. The Morgan fingerprint density at radius 1 is 1.12 bits per heavy atom. The van der Waals surface area contributed by atoms with Gasteiger partial charge in [-0.1, -0.05) is 29.7 Å². The quantitative estimate of drug-likeness (QED) is 0.688. The lowest BCUT2D eigenvalue weighted by molar-refractivity contribution is 0.102. The standard InChI is InChI=1S/C21H16ClN3O/c22-17-11-9-16(10-12-17)21(26)25-18-6-1-4-15(14-18)5-2-8-20-19(23)7-3-13-24-20/h1,3-4,6-7,9-14H,5,23H2,(H,25,26). The van der Waals surface area contributed by atoms with Gasteiger partial charge in [0.05, 0.1) is 5.69 Å². The minimum absolute atomic E-state index is 0.189. The highest BCUT2D eigenvalue weighted by molar-refractivity contribution is 6.30. The Labute approximate surface area is 157 Å². The average molecular weight is 362 g/mol. The molecule has 1 aromatic heterocycles. The maximum Gasteiger partial charge on any atom is 0.255 e. The molecule has 4 nitrogen and oxygen atoms in total. The number of pyridine rings is 1. The number of aromatic nitrogens is 1. The van der Waals surface area contributed by atoms with Crippen LogP contribution in [-0.2, 0) is 6.42 Å². The van der Waals surface area contributed by atoms with Crippen LogP contribution in [-0.4, -0.2) is 10.9 Å². The van der Waals surface area contributed by atoms with Crippen LogP contribution in [0.25, 0.3) is 0 Å². The third-order valence-corrected chi connectivity index (χ3v) is 3.88. The Hall–Kier alpha value is -3.29. The molecule has 0 fully saturated rings. The van der Waals surface area contributed by atoms with E-state index in [0.717, 1.165) is 5.56 Å². The zero-order chi connectivity index (χ0) is 18.4. The molecule has 5 heteroatoms. The van der Waals surface area contributed by atoms with Crippen LogP contribution >= 0.6 is 11.6 Å². The van der Waals surface area contributed by atoms with Crippen molar-refractivity contribution in [3.05, 3.63) is 88.7 Å². The Balaban J connectivity index is 1.68. The average Bonchev–Trinajstić information content (AvgIpc) is 2.64. The molecule has 0 aliphatic rings. The predicted octanol–water partition coefficient (Wildman–Crippen LogP) is 4.16. The van der Waals surface area contributed by atoms with E-state index in [1.54, 1.807) is 42.6 Å². The first-order chi connectivity index (χ1) is 12.6. The zero-order valence-corrected chi connectivity index (χ0v) is 14.6.